The molecular formula is C21H26N6O6. The lowest BCUT2D eigenvalue weighted by atomic mass is 10.0. The summed E-state index contributed by atoms with van der Waals surface area (Å²) in [5.41, 5.74) is 0.918. The van der Waals surface area contributed by atoms with Crippen LogP contribution in [-0.2, 0) is 21.6 Å². The molecule has 2 N–H and O–H groups in total. The molecule has 1 aromatic carbocycles. The van der Waals surface area contributed by atoms with Crippen LogP contribution in [0.1, 0.15) is 42.4 Å². The molecule has 1 fully saturated rings. The lowest BCUT2D eigenvalue weighted by Gasteiger charge is -2.28. The summed E-state index contributed by atoms with van der Waals surface area (Å²) in [6.07, 6.45) is -0.741. The summed E-state index contributed by atoms with van der Waals surface area (Å²) in [5, 5.41) is 22.1. The number of carbonyl (C=O) groups is 2. The van der Waals surface area contributed by atoms with Crippen LogP contribution >= 0.6 is 0 Å². The quantitative estimate of drug-likeness (QED) is 0.509. The Labute approximate surface area is 190 Å². The Bertz CT molecular complexity index is 1100. The third kappa shape index (κ3) is 4.26. The molecule has 2 aliphatic rings. The molecule has 12 nitrogen and oxygen atoms in total. The Morgan fingerprint density at radius 1 is 1.33 bits per heavy atom. The number of aromatic nitrogens is 2. The van der Waals surface area contributed by atoms with Crippen molar-refractivity contribution in [3.05, 3.63) is 45.1 Å². The number of rotatable bonds is 5. The first kappa shape index (κ1) is 22.7. The van der Waals surface area contributed by atoms with E-state index in [1.165, 1.54) is 12.1 Å². The third-order valence-electron chi connectivity index (χ3n) is 5.75. The van der Waals surface area contributed by atoms with Gasteiger partial charge in [-0.05, 0) is 32.9 Å². The Hall–Kier alpha value is -3.51. The van der Waals surface area contributed by atoms with Crippen LogP contribution in [0, 0.1) is 10.1 Å². The number of fused-ring (bicyclic) bond motifs is 1. The number of hydrogen-bond donors (Lipinski definition) is 2. The highest BCUT2D eigenvalue weighted by Crippen LogP contribution is 2.35. The molecule has 176 valence electrons. The monoisotopic (exact) mass is 458 g/mol. The van der Waals surface area contributed by atoms with Gasteiger partial charge in [-0.25, -0.2) is 4.79 Å². The van der Waals surface area contributed by atoms with Crippen LogP contribution in [-0.4, -0.2) is 59.6 Å². The molecule has 0 radical (unpaired) electrons. The molecule has 1 amide bonds. The number of anilines is 2. The maximum atomic E-state index is 13.2. The largest absolute Gasteiger partial charge is 0.448 e. The Balaban J connectivity index is 1.68. The highest BCUT2D eigenvalue weighted by Gasteiger charge is 2.38. The molecule has 3 heterocycles. The minimum absolute atomic E-state index is 0.118. The summed E-state index contributed by atoms with van der Waals surface area (Å²) in [7, 11) is 0. The number of nitrogens with zero attached hydrogens (tertiary/aromatic N) is 4. The number of hydrogen-bond acceptors (Lipinski definition) is 9. The molecule has 33 heavy (non-hydrogen) atoms. The van der Waals surface area contributed by atoms with E-state index in [-0.39, 0.29) is 23.7 Å². The highest BCUT2D eigenvalue weighted by molar-refractivity contribution is 6.08. The van der Waals surface area contributed by atoms with Crippen LogP contribution < -0.4 is 15.5 Å². The van der Waals surface area contributed by atoms with Gasteiger partial charge in [0.15, 0.2) is 0 Å². The van der Waals surface area contributed by atoms with Gasteiger partial charge in [0.1, 0.15) is 11.4 Å². The van der Waals surface area contributed by atoms with Crippen molar-refractivity contribution in [1.82, 2.24) is 15.1 Å². The van der Waals surface area contributed by atoms with Gasteiger partial charge in [0.05, 0.1) is 36.0 Å². The van der Waals surface area contributed by atoms with Crippen molar-refractivity contribution in [2.75, 3.05) is 43.1 Å². The van der Waals surface area contributed by atoms with Crippen LogP contribution in [0.2, 0.25) is 0 Å². The number of nitrogens with one attached hydrogen (secondary N) is 2. The van der Waals surface area contributed by atoms with E-state index in [9.17, 15) is 19.7 Å². The van der Waals surface area contributed by atoms with Gasteiger partial charge in [-0.2, -0.15) is 5.10 Å². The number of nitro benzene ring substituents is 1. The molecule has 0 bridgehead atoms. The first-order chi connectivity index (χ1) is 15.7. The Morgan fingerprint density at radius 2 is 2.06 bits per heavy atom. The first-order valence-corrected chi connectivity index (χ1v) is 10.7. The van der Waals surface area contributed by atoms with E-state index in [1.54, 1.807) is 13.0 Å². The van der Waals surface area contributed by atoms with E-state index < -0.39 is 22.5 Å². The lowest BCUT2D eigenvalue weighted by Crippen LogP contribution is -2.36. The number of benzene rings is 1. The SMILES string of the molecule is CCOC(=O)n1nc2c(c1NC(=O)c1ccc(N3CCOCC3)cc1[N+](=O)[O-])CNC2(C)C. The van der Waals surface area contributed by atoms with E-state index in [2.05, 4.69) is 15.7 Å². The predicted octanol–water partition coefficient (Wildman–Crippen LogP) is 2.22. The lowest BCUT2D eigenvalue weighted by molar-refractivity contribution is -0.385. The maximum absolute atomic E-state index is 13.2. The van der Waals surface area contributed by atoms with E-state index in [4.69, 9.17) is 9.47 Å². The molecule has 2 aromatic rings. The van der Waals surface area contributed by atoms with Gasteiger partial charge in [0, 0.05) is 37.0 Å². The van der Waals surface area contributed by atoms with Crippen molar-refractivity contribution in [3.8, 4) is 0 Å². The Kier molecular flexibility index (Phi) is 6.04. The van der Waals surface area contributed by atoms with Gasteiger partial charge in [0.25, 0.3) is 11.6 Å². The normalized spacial score (nSPS) is 16.9. The van der Waals surface area contributed by atoms with E-state index >= 15 is 0 Å². The number of amides is 1. The van der Waals surface area contributed by atoms with Crippen LogP contribution in [0.15, 0.2) is 18.2 Å². The molecule has 0 spiro atoms. The number of carbonyl (C=O) groups excluding carboxylic acids is 2. The van der Waals surface area contributed by atoms with E-state index in [0.717, 1.165) is 4.68 Å². The average Bonchev–Trinajstić information content (AvgIpc) is 3.31. The number of ether oxygens (including phenoxy) is 2. The van der Waals surface area contributed by atoms with E-state index in [1.807, 2.05) is 18.7 Å². The van der Waals surface area contributed by atoms with Gasteiger partial charge in [-0.1, -0.05) is 0 Å². The topological polar surface area (TPSA) is 141 Å². The van der Waals surface area contributed by atoms with E-state index in [0.29, 0.717) is 49.8 Å². The summed E-state index contributed by atoms with van der Waals surface area (Å²) < 4.78 is 11.4. The van der Waals surface area contributed by atoms with Crippen LogP contribution in [0.5, 0.6) is 0 Å². The van der Waals surface area contributed by atoms with Crippen molar-refractivity contribution < 1.29 is 24.0 Å². The molecule has 1 aromatic heterocycles. The summed E-state index contributed by atoms with van der Waals surface area (Å²) in [6, 6.07) is 4.48. The van der Waals surface area contributed by atoms with Gasteiger partial charge in [0.2, 0.25) is 0 Å². The first-order valence-electron chi connectivity index (χ1n) is 10.7. The summed E-state index contributed by atoms with van der Waals surface area (Å²) in [4.78, 5) is 38.8. The Morgan fingerprint density at radius 3 is 2.73 bits per heavy atom. The molecule has 0 saturated carbocycles. The maximum Gasteiger partial charge on any atom is 0.436 e. The molecule has 1 saturated heterocycles. The minimum atomic E-state index is -0.741. The number of nitro groups is 1. The van der Waals surface area contributed by atoms with Crippen LogP contribution in [0.25, 0.3) is 0 Å². The van der Waals surface area contributed by atoms with Crippen molar-refractivity contribution in [2.45, 2.75) is 32.9 Å². The van der Waals surface area contributed by atoms with Crippen molar-refractivity contribution >= 4 is 29.2 Å². The highest BCUT2D eigenvalue weighted by atomic mass is 16.6. The fraction of sp³-hybridized carbons (Fsp3) is 0.476. The molecule has 0 aliphatic carbocycles. The van der Waals surface area contributed by atoms with Gasteiger partial charge >= 0.3 is 6.09 Å². The molecule has 0 atom stereocenters. The second kappa shape index (κ2) is 8.79. The fourth-order valence-corrected chi connectivity index (χ4v) is 4.01. The summed E-state index contributed by atoms with van der Waals surface area (Å²) >= 11 is 0. The summed E-state index contributed by atoms with van der Waals surface area (Å²) in [5.74, 6) is -0.578. The predicted molar refractivity (Wildman–Crippen MR) is 119 cm³/mol. The molecule has 12 heteroatoms. The van der Waals surface area contributed by atoms with Gasteiger partial charge < -0.3 is 25.0 Å². The van der Waals surface area contributed by atoms with Crippen molar-refractivity contribution in [3.63, 3.8) is 0 Å². The zero-order chi connectivity index (χ0) is 23.8. The van der Waals surface area contributed by atoms with Gasteiger partial charge in [-0.15, -0.1) is 4.68 Å². The second-order valence-corrected chi connectivity index (χ2v) is 8.28. The number of morpholine rings is 1. The molecule has 0 unspecified atom stereocenters. The standard InChI is InChI=1S/C21H26N6O6/c1-4-33-20(29)26-18(15-12-22-21(2,3)17(15)24-26)23-19(28)14-6-5-13(11-16(14)27(30)31)25-7-9-32-10-8-25/h5-6,11,22H,4,7-10,12H2,1-3H3,(H,23,28). The fourth-order valence-electron chi connectivity index (χ4n) is 4.01. The van der Waals surface area contributed by atoms with Crippen molar-refractivity contribution in [2.24, 2.45) is 0 Å². The van der Waals surface area contributed by atoms with Crippen LogP contribution in [0.4, 0.5) is 22.0 Å². The smallest absolute Gasteiger partial charge is 0.436 e. The van der Waals surface area contributed by atoms with Gasteiger partial charge in [-0.3, -0.25) is 14.9 Å². The average molecular weight is 458 g/mol. The zero-order valence-electron chi connectivity index (χ0n) is 18.7. The third-order valence-corrected chi connectivity index (χ3v) is 5.75. The van der Waals surface area contributed by atoms with Crippen LogP contribution in [0.3, 0.4) is 0 Å². The minimum Gasteiger partial charge on any atom is -0.448 e. The summed E-state index contributed by atoms with van der Waals surface area (Å²) in [6.45, 7) is 8.25. The molecule has 2 aliphatic heterocycles. The zero-order valence-corrected chi connectivity index (χ0v) is 18.7. The molecule has 4 rings (SSSR count). The van der Waals surface area contributed by atoms with Crippen molar-refractivity contribution in [1.29, 1.82) is 0 Å². The second-order valence-electron chi connectivity index (χ2n) is 8.28. The molecular weight excluding hydrogens is 432 g/mol.